The average molecular weight is 190 g/mol. The van der Waals surface area contributed by atoms with E-state index in [0.717, 1.165) is 11.1 Å². The van der Waals surface area contributed by atoms with E-state index in [4.69, 9.17) is 0 Å². The van der Waals surface area contributed by atoms with Gasteiger partial charge in [0.2, 0.25) is 0 Å². The molecule has 0 amide bonds. The summed E-state index contributed by atoms with van der Waals surface area (Å²) in [5.74, 6) is 0.312. The largest absolute Gasteiger partial charge is 0.392 e. The van der Waals surface area contributed by atoms with Crippen LogP contribution in [0.1, 0.15) is 0 Å². The van der Waals surface area contributed by atoms with E-state index in [1.165, 1.54) is 0 Å². The Kier molecular flexibility index (Phi) is 2.66. The molecule has 0 saturated heterocycles. The molecule has 0 aromatic heterocycles. The first kappa shape index (κ1) is 9.44. The Morgan fingerprint density at radius 3 is 1.57 bits per heavy atom. The van der Waals surface area contributed by atoms with Crippen LogP contribution in [0.25, 0.3) is 0 Å². The average Bonchev–Trinajstić information content (AvgIpc) is 2.17. The standard InChI is InChI=1S/C12H14O2/c13-7-11-9-3-1-2-4-10(6-5-9)12(11)8-14/h1-6,9-10,13-14H,7-8H2/b3-1-,4-2-/t9-,10+. The van der Waals surface area contributed by atoms with Crippen molar-refractivity contribution in [1.82, 2.24) is 0 Å². The summed E-state index contributed by atoms with van der Waals surface area (Å²) in [7, 11) is 0. The topological polar surface area (TPSA) is 40.5 Å². The summed E-state index contributed by atoms with van der Waals surface area (Å²) >= 11 is 0. The third-order valence-electron chi connectivity index (χ3n) is 2.83. The maximum atomic E-state index is 9.27. The van der Waals surface area contributed by atoms with E-state index < -0.39 is 0 Å². The summed E-state index contributed by atoms with van der Waals surface area (Å²) in [5.41, 5.74) is 1.89. The quantitative estimate of drug-likeness (QED) is 0.642. The van der Waals surface area contributed by atoms with Crippen molar-refractivity contribution >= 4 is 0 Å². The normalized spacial score (nSPS) is 34.1. The zero-order valence-corrected chi connectivity index (χ0v) is 7.93. The van der Waals surface area contributed by atoms with E-state index in [2.05, 4.69) is 12.2 Å². The number of hydrogen-bond acceptors (Lipinski definition) is 2. The van der Waals surface area contributed by atoms with E-state index in [1.54, 1.807) is 0 Å². The molecule has 2 atom stereocenters. The predicted molar refractivity (Wildman–Crippen MR) is 55.6 cm³/mol. The first-order valence-corrected chi connectivity index (χ1v) is 4.83. The van der Waals surface area contributed by atoms with Crippen LogP contribution < -0.4 is 0 Å². The fourth-order valence-corrected chi connectivity index (χ4v) is 2.04. The molecule has 74 valence electrons. The molecule has 0 aromatic rings. The molecule has 2 nitrogen and oxygen atoms in total. The third-order valence-corrected chi connectivity index (χ3v) is 2.83. The highest BCUT2D eigenvalue weighted by molar-refractivity contribution is 5.40. The Hall–Kier alpha value is -1.12. The van der Waals surface area contributed by atoms with Crippen LogP contribution in [0.5, 0.6) is 0 Å². The lowest BCUT2D eigenvalue weighted by Gasteiger charge is -2.26. The van der Waals surface area contributed by atoms with Crippen LogP contribution in [-0.4, -0.2) is 23.4 Å². The Balaban J connectivity index is 2.47. The van der Waals surface area contributed by atoms with Gasteiger partial charge in [0.1, 0.15) is 0 Å². The lowest BCUT2D eigenvalue weighted by molar-refractivity contribution is 0.297. The second kappa shape index (κ2) is 3.95. The number of allylic oxidation sites excluding steroid dienone is 6. The SMILES string of the molecule is OCC1=C(CO)[C@H]2C=C[C@@H]1/C=C\C=C/2. The molecule has 3 aliphatic rings. The predicted octanol–water partition coefficient (Wildman–Crippen LogP) is 1.20. The van der Waals surface area contributed by atoms with Crippen molar-refractivity contribution < 1.29 is 10.2 Å². The summed E-state index contributed by atoms with van der Waals surface area (Å²) in [5, 5.41) is 18.5. The van der Waals surface area contributed by atoms with Gasteiger partial charge in [-0.3, -0.25) is 0 Å². The molecule has 0 spiro atoms. The van der Waals surface area contributed by atoms with Crippen molar-refractivity contribution in [1.29, 1.82) is 0 Å². The van der Waals surface area contributed by atoms with Crippen LogP contribution in [0.2, 0.25) is 0 Å². The van der Waals surface area contributed by atoms with Gasteiger partial charge in [0.25, 0.3) is 0 Å². The summed E-state index contributed by atoms with van der Waals surface area (Å²) < 4.78 is 0. The van der Waals surface area contributed by atoms with Gasteiger partial charge in [-0.15, -0.1) is 0 Å². The number of aliphatic hydroxyl groups is 2. The number of rotatable bonds is 2. The Bertz CT molecular complexity index is 302. The molecule has 0 fully saturated rings. The Morgan fingerprint density at radius 1 is 0.786 bits per heavy atom. The van der Waals surface area contributed by atoms with Crippen LogP contribution >= 0.6 is 0 Å². The minimum absolute atomic E-state index is 0.0274. The number of aliphatic hydroxyl groups excluding tert-OH is 2. The molecule has 3 rings (SSSR count). The maximum Gasteiger partial charge on any atom is 0.0654 e. The summed E-state index contributed by atoms with van der Waals surface area (Å²) in [6, 6.07) is 0. The van der Waals surface area contributed by atoms with E-state index in [9.17, 15) is 10.2 Å². The van der Waals surface area contributed by atoms with Crippen LogP contribution in [0, 0.1) is 11.8 Å². The van der Waals surface area contributed by atoms with Gasteiger partial charge in [-0.25, -0.2) is 0 Å². The number of hydrogen-bond donors (Lipinski definition) is 2. The van der Waals surface area contributed by atoms with Gasteiger partial charge in [0, 0.05) is 11.8 Å². The van der Waals surface area contributed by atoms with Crippen molar-refractivity contribution in [3.8, 4) is 0 Å². The van der Waals surface area contributed by atoms with Crippen LogP contribution in [-0.2, 0) is 0 Å². The molecule has 2 bridgehead atoms. The molecule has 0 aromatic carbocycles. The van der Waals surface area contributed by atoms with Crippen molar-refractivity contribution in [3.63, 3.8) is 0 Å². The summed E-state index contributed by atoms with van der Waals surface area (Å²) in [4.78, 5) is 0. The van der Waals surface area contributed by atoms with Crippen molar-refractivity contribution in [2.24, 2.45) is 11.8 Å². The highest BCUT2D eigenvalue weighted by atomic mass is 16.3. The molecule has 0 heterocycles. The van der Waals surface area contributed by atoms with Crippen LogP contribution in [0.3, 0.4) is 0 Å². The molecule has 14 heavy (non-hydrogen) atoms. The van der Waals surface area contributed by atoms with Gasteiger partial charge < -0.3 is 10.2 Å². The Morgan fingerprint density at radius 2 is 1.21 bits per heavy atom. The van der Waals surface area contributed by atoms with Crippen molar-refractivity contribution in [2.75, 3.05) is 13.2 Å². The molecular formula is C12H14O2. The highest BCUT2D eigenvalue weighted by Gasteiger charge is 2.22. The first-order valence-electron chi connectivity index (χ1n) is 4.83. The molecule has 0 saturated carbocycles. The monoisotopic (exact) mass is 190 g/mol. The zero-order valence-electron chi connectivity index (χ0n) is 7.93. The molecule has 0 unspecified atom stereocenters. The van der Waals surface area contributed by atoms with Gasteiger partial charge in [-0.1, -0.05) is 36.5 Å². The van der Waals surface area contributed by atoms with E-state index in [1.807, 2.05) is 24.3 Å². The Labute approximate surface area is 83.6 Å². The summed E-state index contributed by atoms with van der Waals surface area (Å²) in [6.45, 7) is 0.0547. The fourth-order valence-electron chi connectivity index (χ4n) is 2.04. The fraction of sp³-hybridized carbons (Fsp3) is 0.333. The minimum atomic E-state index is 0.0274. The number of fused-ring (bicyclic) bond motifs is 1. The first-order chi connectivity index (χ1) is 6.86. The molecular weight excluding hydrogens is 176 g/mol. The maximum absolute atomic E-state index is 9.27. The lowest BCUT2D eigenvalue weighted by Crippen LogP contribution is -2.18. The molecule has 2 heteroatoms. The van der Waals surface area contributed by atoms with E-state index in [-0.39, 0.29) is 25.0 Å². The molecule has 0 aliphatic heterocycles. The highest BCUT2D eigenvalue weighted by Crippen LogP contribution is 2.31. The van der Waals surface area contributed by atoms with Crippen molar-refractivity contribution in [3.05, 3.63) is 47.6 Å². The molecule has 2 N–H and O–H groups in total. The van der Waals surface area contributed by atoms with Gasteiger partial charge in [0.15, 0.2) is 0 Å². The van der Waals surface area contributed by atoms with E-state index >= 15 is 0 Å². The van der Waals surface area contributed by atoms with Crippen LogP contribution in [0.15, 0.2) is 47.6 Å². The zero-order chi connectivity index (χ0) is 9.97. The minimum Gasteiger partial charge on any atom is -0.392 e. The third kappa shape index (κ3) is 1.47. The van der Waals surface area contributed by atoms with Crippen LogP contribution in [0.4, 0.5) is 0 Å². The molecule has 3 aliphatic carbocycles. The second-order valence-corrected chi connectivity index (χ2v) is 3.57. The summed E-state index contributed by atoms with van der Waals surface area (Å²) in [6.07, 6.45) is 12.2. The van der Waals surface area contributed by atoms with Gasteiger partial charge >= 0.3 is 0 Å². The molecule has 0 radical (unpaired) electrons. The van der Waals surface area contributed by atoms with Crippen molar-refractivity contribution in [2.45, 2.75) is 0 Å². The second-order valence-electron chi connectivity index (χ2n) is 3.57. The smallest absolute Gasteiger partial charge is 0.0654 e. The van der Waals surface area contributed by atoms with E-state index in [0.29, 0.717) is 0 Å². The lowest BCUT2D eigenvalue weighted by atomic mass is 9.80. The van der Waals surface area contributed by atoms with Gasteiger partial charge in [0.05, 0.1) is 13.2 Å². The van der Waals surface area contributed by atoms with Gasteiger partial charge in [-0.2, -0.15) is 0 Å². The van der Waals surface area contributed by atoms with Gasteiger partial charge in [-0.05, 0) is 11.1 Å².